The first-order valence-corrected chi connectivity index (χ1v) is 25.1. The first-order valence-electron chi connectivity index (χ1n) is 25.1. The van der Waals surface area contributed by atoms with E-state index in [1.807, 2.05) is 0 Å². The highest BCUT2D eigenvalue weighted by atomic mass is 16.3. The Labute approximate surface area is 349 Å². The lowest BCUT2D eigenvalue weighted by atomic mass is 10.00. The Morgan fingerprint density at radius 3 is 1.07 bits per heavy atom. The fraction of sp³-hybridized carbons (Fsp3) is 0.940. The van der Waals surface area contributed by atoms with Crippen molar-refractivity contribution in [3.63, 3.8) is 0 Å². The molecule has 56 heavy (non-hydrogen) atoms. The molecule has 334 valence electrons. The molecule has 5 N–H and O–H groups in total. The summed E-state index contributed by atoms with van der Waals surface area (Å²) in [4.78, 5) is 12.4. The zero-order valence-electron chi connectivity index (χ0n) is 37.7. The molecule has 0 aromatic carbocycles. The zero-order valence-corrected chi connectivity index (χ0v) is 37.7. The Balaban J connectivity index is 3.53. The summed E-state index contributed by atoms with van der Waals surface area (Å²) in [6.45, 7) is 4.01. The van der Waals surface area contributed by atoms with Gasteiger partial charge in [0.2, 0.25) is 5.91 Å². The average molecular weight is 794 g/mol. The monoisotopic (exact) mass is 794 g/mol. The smallest absolute Gasteiger partial charge is 0.249 e. The van der Waals surface area contributed by atoms with Gasteiger partial charge in [-0.15, -0.1) is 0 Å². The summed E-state index contributed by atoms with van der Waals surface area (Å²) < 4.78 is 0. The molecule has 0 heterocycles. The number of aliphatic hydroxyl groups is 4. The third-order valence-corrected chi connectivity index (χ3v) is 12.0. The minimum absolute atomic E-state index is 0.365. The van der Waals surface area contributed by atoms with E-state index in [-0.39, 0.29) is 0 Å². The van der Waals surface area contributed by atoms with Crippen LogP contribution in [-0.4, -0.2) is 57.3 Å². The maximum absolute atomic E-state index is 12.4. The highest BCUT2D eigenvalue weighted by Crippen LogP contribution is 2.17. The fourth-order valence-corrected chi connectivity index (χ4v) is 7.99. The van der Waals surface area contributed by atoms with E-state index >= 15 is 0 Å². The van der Waals surface area contributed by atoms with Gasteiger partial charge in [0.25, 0.3) is 0 Å². The van der Waals surface area contributed by atoms with Crippen LogP contribution in [0.3, 0.4) is 0 Å². The predicted octanol–water partition coefficient (Wildman–Crippen LogP) is 13.7. The van der Waals surface area contributed by atoms with Crippen LogP contribution < -0.4 is 5.32 Å². The molecule has 0 aromatic heterocycles. The number of unbranched alkanes of at least 4 members (excludes halogenated alkanes) is 35. The molecule has 1 amide bonds. The molecule has 0 spiro atoms. The van der Waals surface area contributed by atoms with E-state index in [0.717, 1.165) is 38.5 Å². The summed E-state index contributed by atoms with van der Waals surface area (Å²) in [5.74, 6) is -0.595. The molecular formula is C50H99NO5. The second-order valence-corrected chi connectivity index (χ2v) is 17.5. The third-order valence-electron chi connectivity index (χ3n) is 12.0. The summed E-state index contributed by atoms with van der Waals surface area (Å²) >= 11 is 0. The lowest BCUT2D eigenvalue weighted by molar-refractivity contribution is -0.132. The Morgan fingerprint density at radius 1 is 0.429 bits per heavy atom. The summed E-state index contributed by atoms with van der Waals surface area (Å²) in [5, 5.41) is 43.5. The van der Waals surface area contributed by atoms with Crippen LogP contribution >= 0.6 is 0 Å². The van der Waals surface area contributed by atoms with Gasteiger partial charge in [0.15, 0.2) is 0 Å². The number of carbonyl (C=O) groups is 1. The van der Waals surface area contributed by atoms with E-state index in [1.165, 1.54) is 205 Å². The van der Waals surface area contributed by atoms with Gasteiger partial charge in [0.05, 0.1) is 18.8 Å². The van der Waals surface area contributed by atoms with Crippen molar-refractivity contribution < 1.29 is 25.2 Å². The molecule has 0 aliphatic heterocycles. The van der Waals surface area contributed by atoms with Crippen LogP contribution in [0.25, 0.3) is 0 Å². The predicted molar refractivity (Wildman–Crippen MR) is 242 cm³/mol. The van der Waals surface area contributed by atoms with Crippen molar-refractivity contribution in [3.8, 4) is 0 Å². The van der Waals surface area contributed by atoms with Crippen LogP contribution in [0, 0.1) is 0 Å². The number of hydrogen-bond acceptors (Lipinski definition) is 5. The number of rotatable bonds is 46. The minimum Gasteiger partial charge on any atom is -0.394 e. The van der Waals surface area contributed by atoms with Crippen LogP contribution in [0.4, 0.5) is 0 Å². The molecule has 0 rings (SSSR count). The first kappa shape index (κ1) is 55.0. The topological polar surface area (TPSA) is 110 Å². The molecule has 0 aliphatic rings. The summed E-state index contributed by atoms with van der Waals surface area (Å²) in [7, 11) is 0. The Morgan fingerprint density at radius 2 is 0.732 bits per heavy atom. The van der Waals surface area contributed by atoms with E-state index < -0.39 is 36.9 Å². The van der Waals surface area contributed by atoms with Gasteiger partial charge in [-0.3, -0.25) is 4.79 Å². The van der Waals surface area contributed by atoms with Crippen molar-refractivity contribution in [3.05, 3.63) is 12.2 Å². The second kappa shape index (κ2) is 45.1. The van der Waals surface area contributed by atoms with E-state index in [4.69, 9.17) is 0 Å². The highest BCUT2D eigenvalue weighted by molar-refractivity contribution is 5.80. The van der Waals surface area contributed by atoms with Gasteiger partial charge in [-0.25, -0.2) is 0 Å². The van der Waals surface area contributed by atoms with Crippen molar-refractivity contribution >= 4 is 5.91 Å². The number of nitrogens with one attached hydrogen (secondary N) is 1. The molecule has 0 aliphatic carbocycles. The molecule has 4 unspecified atom stereocenters. The Hall–Kier alpha value is -0.950. The molecule has 0 saturated heterocycles. The van der Waals surface area contributed by atoms with Crippen molar-refractivity contribution in [1.82, 2.24) is 5.32 Å². The average Bonchev–Trinajstić information content (AvgIpc) is 3.20. The SMILES string of the molecule is CCCCCCCCCCCCCCCCCCCCCCCCCCCCC/C=C/CCCC(O)C(O)C(CO)NC(=O)C(O)CCCCCCCCCC. The number of hydrogen-bond donors (Lipinski definition) is 5. The molecule has 4 atom stereocenters. The van der Waals surface area contributed by atoms with Crippen molar-refractivity contribution in [2.75, 3.05) is 6.61 Å². The summed E-state index contributed by atoms with van der Waals surface area (Å²) in [5.41, 5.74) is 0. The number of aliphatic hydroxyl groups excluding tert-OH is 4. The van der Waals surface area contributed by atoms with Crippen LogP contribution in [-0.2, 0) is 4.79 Å². The van der Waals surface area contributed by atoms with E-state index in [9.17, 15) is 25.2 Å². The molecule has 6 nitrogen and oxygen atoms in total. The van der Waals surface area contributed by atoms with Gasteiger partial charge >= 0.3 is 0 Å². The Kier molecular flexibility index (Phi) is 44.4. The van der Waals surface area contributed by atoms with E-state index in [1.54, 1.807) is 0 Å². The molecule has 0 aromatic rings. The molecule has 6 heteroatoms. The van der Waals surface area contributed by atoms with Gasteiger partial charge in [0, 0.05) is 0 Å². The van der Waals surface area contributed by atoms with Crippen molar-refractivity contribution in [1.29, 1.82) is 0 Å². The van der Waals surface area contributed by atoms with Gasteiger partial charge in [-0.05, 0) is 38.5 Å². The lowest BCUT2D eigenvalue weighted by Gasteiger charge is -2.27. The number of amides is 1. The lowest BCUT2D eigenvalue weighted by Crippen LogP contribution is -2.53. The van der Waals surface area contributed by atoms with Crippen molar-refractivity contribution in [2.45, 2.75) is 295 Å². The summed E-state index contributed by atoms with van der Waals surface area (Å²) in [6, 6.07) is -0.996. The van der Waals surface area contributed by atoms with Gasteiger partial charge in [0.1, 0.15) is 12.2 Å². The van der Waals surface area contributed by atoms with Crippen LogP contribution in [0.15, 0.2) is 12.2 Å². The molecule has 0 radical (unpaired) electrons. The van der Waals surface area contributed by atoms with Gasteiger partial charge in [-0.2, -0.15) is 0 Å². The maximum Gasteiger partial charge on any atom is 0.249 e. The van der Waals surface area contributed by atoms with E-state index in [2.05, 4.69) is 31.3 Å². The molecule has 0 fully saturated rings. The van der Waals surface area contributed by atoms with Crippen LogP contribution in [0.5, 0.6) is 0 Å². The van der Waals surface area contributed by atoms with Crippen LogP contribution in [0.1, 0.15) is 271 Å². The van der Waals surface area contributed by atoms with Crippen LogP contribution in [0.2, 0.25) is 0 Å². The molecule has 0 bridgehead atoms. The fourth-order valence-electron chi connectivity index (χ4n) is 7.99. The molecular weight excluding hydrogens is 695 g/mol. The van der Waals surface area contributed by atoms with Crippen molar-refractivity contribution in [2.24, 2.45) is 0 Å². The first-order chi connectivity index (χ1) is 27.5. The summed E-state index contributed by atoms with van der Waals surface area (Å²) in [6.07, 6.45) is 51.7. The highest BCUT2D eigenvalue weighted by Gasteiger charge is 2.28. The minimum atomic E-state index is -1.28. The maximum atomic E-state index is 12.4. The second-order valence-electron chi connectivity index (χ2n) is 17.5. The molecule has 0 saturated carbocycles. The quantitative estimate of drug-likeness (QED) is 0.0311. The largest absolute Gasteiger partial charge is 0.394 e. The van der Waals surface area contributed by atoms with Gasteiger partial charge < -0.3 is 25.7 Å². The third kappa shape index (κ3) is 38.6. The van der Waals surface area contributed by atoms with E-state index in [0.29, 0.717) is 12.8 Å². The van der Waals surface area contributed by atoms with Gasteiger partial charge in [-0.1, -0.05) is 244 Å². The normalized spacial score (nSPS) is 14.0. The number of allylic oxidation sites excluding steroid dienone is 2. The standard InChI is InChI=1S/C50H99NO5/c1-3-5-7-9-11-13-14-15-16-17-18-19-20-21-22-23-24-25-26-27-28-29-30-31-32-33-34-35-36-38-39-41-43-47(53)49(55)46(45-52)51-50(56)48(54)44-42-40-37-12-10-8-6-4-2/h36,38,46-49,52-55H,3-35,37,39-45H2,1-2H3,(H,51,56)/b38-36+. The number of carbonyl (C=O) groups excluding carboxylic acids is 1. The zero-order chi connectivity index (χ0) is 41.0. The Bertz CT molecular complexity index is 806.